The highest BCUT2D eigenvalue weighted by Gasteiger charge is 2.40. The highest BCUT2D eigenvalue weighted by molar-refractivity contribution is 4.97. The maximum atomic E-state index is 2.68. The molecule has 2 fully saturated rings. The van der Waals surface area contributed by atoms with Gasteiger partial charge in [-0.15, -0.1) is 0 Å². The average molecular weight is 168 g/mol. The molecule has 2 aliphatic heterocycles. The normalized spacial score (nSPS) is 38.5. The van der Waals surface area contributed by atoms with Crippen molar-refractivity contribution < 1.29 is 0 Å². The summed E-state index contributed by atoms with van der Waals surface area (Å²) in [6.45, 7) is 11.1. The van der Waals surface area contributed by atoms with Crippen LogP contribution in [0, 0.1) is 0 Å². The lowest BCUT2D eigenvalue weighted by Crippen LogP contribution is -2.57. The van der Waals surface area contributed by atoms with Crippen molar-refractivity contribution in [3.05, 3.63) is 0 Å². The standard InChI is InChI=1S/C10H20N2/c1-3-11-7-8-12-6-4-5-10(12,2)9-11/h3-9H2,1-2H3. The number of rotatable bonds is 1. The van der Waals surface area contributed by atoms with Crippen LogP contribution in [0.3, 0.4) is 0 Å². The Kier molecular flexibility index (Phi) is 2.13. The van der Waals surface area contributed by atoms with Gasteiger partial charge in [-0.2, -0.15) is 0 Å². The molecule has 2 rings (SSSR count). The summed E-state index contributed by atoms with van der Waals surface area (Å²) in [7, 11) is 0. The predicted octanol–water partition coefficient (Wildman–Crippen LogP) is 1.18. The van der Waals surface area contributed by atoms with Crippen LogP contribution in [0.4, 0.5) is 0 Å². The van der Waals surface area contributed by atoms with Crippen LogP contribution in [0.25, 0.3) is 0 Å². The van der Waals surface area contributed by atoms with Crippen LogP contribution < -0.4 is 0 Å². The lowest BCUT2D eigenvalue weighted by Gasteiger charge is -2.44. The van der Waals surface area contributed by atoms with Crippen LogP contribution in [0.5, 0.6) is 0 Å². The van der Waals surface area contributed by atoms with Crippen molar-refractivity contribution in [1.29, 1.82) is 0 Å². The van der Waals surface area contributed by atoms with E-state index < -0.39 is 0 Å². The number of likely N-dealkylation sites (N-methyl/N-ethyl adjacent to an activating group) is 1. The van der Waals surface area contributed by atoms with E-state index in [0.717, 1.165) is 0 Å². The van der Waals surface area contributed by atoms with E-state index in [9.17, 15) is 0 Å². The number of nitrogens with zero attached hydrogens (tertiary/aromatic N) is 2. The van der Waals surface area contributed by atoms with Gasteiger partial charge in [0.15, 0.2) is 0 Å². The Hall–Kier alpha value is -0.0800. The second-order valence-corrected chi connectivity index (χ2v) is 4.46. The van der Waals surface area contributed by atoms with Gasteiger partial charge in [-0.1, -0.05) is 6.92 Å². The van der Waals surface area contributed by atoms with Crippen LogP contribution in [-0.2, 0) is 0 Å². The highest BCUT2D eigenvalue weighted by Crippen LogP contribution is 2.31. The summed E-state index contributed by atoms with van der Waals surface area (Å²) >= 11 is 0. The van der Waals surface area contributed by atoms with Crippen LogP contribution in [0.2, 0.25) is 0 Å². The molecule has 1 unspecified atom stereocenters. The van der Waals surface area contributed by atoms with Gasteiger partial charge in [-0.3, -0.25) is 4.90 Å². The van der Waals surface area contributed by atoms with Gasteiger partial charge in [0.1, 0.15) is 0 Å². The quantitative estimate of drug-likeness (QED) is 0.580. The van der Waals surface area contributed by atoms with Crippen LogP contribution in [-0.4, -0.2) is 48.1 Å². The second-order valence-electron chi connectivity index (χ2n) is 4.46. The third kappa shape index (κ3) is 1.27. The van der Waals surface area contributed by atoms with Crippen LogP contribution in [0.1, 0.15) is 26.7 Å². The Morgan fingerprint density at radius 2 is 2.08 bits per heavy atom. The summed E-state index contributed by atoms with van der Waals surface area (Å²) in [6.07, 6.45) is 2.82. The van der Waals surface area contributed by atoms with Crippen molar-refractivity contribution in [3.8, 4) is 0 Å². The molecule has 0 bridgehead atoms. The molecule has 0 saturated carbocycles. The van der Waals surface area contributed by atoms with Gasteiger partial charge in [-0.05, 0) is 32.9 Å². The van der Waals surface area contributed by atoms with Crippen molar-refractivity contribution in [3.63, 3.8) is 0 Å². The van der Waals surface area contributed by atoms with Crippen molar-refractivity contribution in [2.45, 2.75) is 32.2 Å². The first-order valence-corrected chi connectivity index (χ1v) is 5.22. The van der Waals surface area contributed by atoms with Crippen LogP contribution in [0.15, 0.2) is 0 Å². The smallest absolute Gasteiger partial charge is 0.0309 e. The zero-order chi connectivity index (χ0) is 8.60. The average Bonchev–Trinajstić information content (AvgIpc) is 2.44. The molecule has 0 spiro atoms. The minimum absolute atomic E-state index is 0.522. The Labute approximate surface area is 75.5 Å². The van der Waals surface area contributed by atoms with Gasteiger partial charge in [0.25, 0.3) is 0 Å². The van der Waals surface area contributed by atoms with Crippen molar-refractivity contribution in [1.82, 2.24) is 9.80 Å². The summed E-state index contributed by atoms with van der Waals surface area (Å²) in [5, 5.41) is 0. The molecule has 2 heteroatoms. The first-order valence-electron chi connectivity index (χ1n) is 5.22. The maximum absolute atomic E-state index is 2.68. The SMILES string of the molecule is CCN1CCN2CCCC2(C)C1. The number of hydrogen-bond acceptors (Lipinski definition) is 2. The maximum Gasteiger partial charge on any atom is 0.0309 e. The fourth-order valence-electron chi connectivity index (χ4n) is 2.73. The first-order chi connectivity index (χ1) is 5.74. The van der Waals surface area contributed by atoms with E-state index in [1.807, 2.05) is 0 Å². The van der Waals surface area contributed by atoms with Crippen LogP contribution >= 0.6 is 0 Å². The minimum Gasteiger partial charge on any atom is -0.301 e. The largest absolute Gasteiger partial charge is 0.301 e. The van der Waals surface area contributed by atoms with Gasteiger partial charge in [-0.25, -0.2) is 0 Å². The molecular formula is C10H20N2. The molecule has 0 radical (unpaired) electrons. The number of fused-ring (bicyclic) bond motifs is 1. The van der Waals surface area contributed by atoms with Gasteiger partial charge in [0.2, 0.25) is 0 Å². The molecule has 2 nitrogen and oxygen atoms in total. The summed E-state index contributed by atoms with van der Waals surface area (Å²) in [6, 6.07) is 0. The van der Waals surface area contributed by atoms with E-state index in [1.54, 1.807) is 0 Å². The van der Waals surface area contributed by atoms with E-state index in [0.29, 0.717) is 5.54 Å². The zero-order valence-electron chi connectivity index (χ0n) is 8.34. The van der Waals surface area contributed by atoms with Gasteiger partial charge < -0.3 is 4.90 Å². The molecule has 0 aliphatic carbocycles. The van der Waals surface area contributed by atoms with Gasteiger partial charge >= 0.3 is 0 Å². The molecule has 12 heavy (non-hydrogen) atoms. The van der Waals surface area contributed by atoms with Gasteiger partial charge in [0.05, 0.1) is 0 Å². The molecule has 1 atom stereocenters. The molecular weight excluding hydrogens is 148 g/mol. The number of piperazine rings is 1. The molecule has 2 heterocycles. The summed E-state index contributed by atoms with van der Waals surface area (Å²) in [5.41, 5.74) is 0.522. The third-order valence-corrected chi connectivity index (χ3v) is 3.60. The van der Waals surface area contributed by atoms with Crippen molar-refractivity contribution >= 4 is 0 Å². The monoisotopic (exact) mass is 168 g/mol. The summed E-state index contributed by atoms with van der Waals surface area (Å²) in [5.74, 6) is 0. The fraction of sp³-hybridized carbons (Fsp3) is 1.00. The summed E-state index contributed by atoms with van der Waals surface area (Å²) in [4.78, 5) is 5.26. The minimum atomic E-state index is 0.522. The Bertz CT molecular complexity index is 169. The second kappa shape index (κ2) is 3.00. The molecule has 0 aromatic rings. The van der Waals surface area contributed by atoms with Crippen molar-refractivity contribution in [2.24, 2.45) is 0 Å². The first kappa shape index (κ1) is 8.52. The lowest BCUT2D eigenvalue weighted by molar-refractivity contribution is 0.0430. The van der Waals surface area contributed by atoms with Gasteiger partial charge in [0, 0.05) is 25.2 Å². The van der Waals surface area contributed by atoms with E-state index >= 15 is 0 Å². The molecule has 0 amide bonds. The molecule has 2 aliphatic rings. The van der Waals surface area contributed by atoms with E-state index in [1.165, 1.54) is 45.6 Å². The fourth-order valence-corrected chi connectivity index (χ4v) is 2.73. The molecule has 0 N–H and O–H groups in total. The van der Waals surface area contributed by atoms with E-state index in [-0.39, 0.29) is 0 Å². The van der Waals surface area contributed by atoms with E-state index in [2.05, 4.69) is 23.6 Å². The molecule has 70 valence electrons. The lowest BCUT2D eigenvalue weighted by atomic mass is 9.96. The topological polar surface area (TPSA) is 6.48 Å². The molecule has 2 saturated heterocycles. The third-order valence-electron chi connectivity index (χ3n) is 3.60. The molecule has 0 aromatic heterocycles. The highest BCUT2D eigenvalue weighted by atomic mass is 15.3. The predicted molar refractivity (Wildman–Crippen MR) is 51.3 cm³/mol. The Balaban J connectivity index is 2.04. The molecule has 0 aromatic carbocycles. The van der Waals surface area contributed by atoms with E-state index in [4.69, 9.17) is 0 Å². The Morgan fingerprint density at radius 3 is 2.83 bits per heavy atom. The van der Waals surface area contributed by atoms with Crippen molar-refractivity contribution in [2.75, 3.05) is 32.7 Å². The summed E-state index contributed by atoms with van der Waals surface area (Å²) < 4.78 is 0. The zero-order valence-corrected chi connectivity index (χ0v) is 8.34. The Morgan fingerprint density at radius 1 is 1.25 bits per heavy atom. The number of hydrogen-bond donors (Lipinski definition) is 0.